The van der Waals surface area contributed by atoms with Crippen LogP contribution in [-0.4, -0.2) is 61.2 Å². The number of hydrogen-bond acceptors (Lipinski definition) is 4. The average molecular weight is 415 g/mol. The highest BCUT2D eigenvalue weighted by Crippen LogP contribution is 2.51. The first-order valence-electron chi connectivity index (χ1n) is 12.6. The maximum absolute atomic E-state index is 6.64. The number of rotatable bonds is 4. The Hall–Kier alpha value is -0.680. The van der Waals surface area contributed by atoms with Crippen molar-refractivity contribution in [3.63, 3.8) is 0 Å². The van der Waals surface area contributed by atoms with Gasteiger partial charge >= 0.3 is 0 Å². The molecular formula is C26H46N4. The molecule has 4 rings (SSSR count). The van der Waals surface area contributed by atoms with Crippen molar-refractivity contribution in [1.82, 2.24) is 9.80 Å². The van der Waals surface area contributed by atoms with Crippen LogP contribution in [0.2, 0.25) is 0 Å². The lowest BCUT2D eigenvalue weighted by Gasteiger charge is -2.45. The van der Waals surface area contributed by atoms with Crippen LogP contribution in [-0.2, 0) is 0 Å². The maximum Gasteiger partial charge on any atom is 0.0163 e. The Kier molecular flexibility index (Phi) is 6.52. The molecule has 4 heteroatoms. The van der Waals surface area contributed by atoms with Gasteiger partial charge in [0.15, 0.2) is 0 Å². The van der Waals surface area contributed by atoms with Gasteiger partial charge in [0.2, 0.25) is 0 Å². The second kappa shape index (κ2) is 8.69. The summed E-state index contributed by atoms with van der Waals surface area (Å²) in [5.41, 5.74) is 16.9. The zero-order chi connectivity index (χ0) is 21.5. The monoisotopic (exact) mass is 414 g/mol. The summed E-state index contributed by atoms with van der Waals surface area (Å²) in [5.74, 6) is 0.595. The molecule has 0 aromatic heterocycles. The zero-order valence-electron chi connectivity index (χ0n) is 19.8. The van der Waals surface area contributed by atoms with E-state index in [4.69, 9.17) is 11.5 Å². The first kappa shape index (κ1) is 22.5. The van der Waals surface area contributed by atoms with Gasteiger partial charge < -0.3 is 21.3 Å². The third-order valence-electron chi connectivity index (χ3n) is 9.77. The van der Waals surface area contributed by atoms with Crippen LogP contribution in [0.1, 0.15) is 71.6 Å². The van der Waals surface area contributed by atoms with Crippen LogP contribution in [0, 0.1) is 16.7 Å². The maximum atomic E-state index is 6.64. The van der Waals surface area contributed by atoms with E-state index < -0.39 is 0 Å². The molecule has 2 unspecified atom stereocenters. The largest absolute Gasteiger partial charge is 0.327 e. The van der Waals surface area contributed by atoms with E-state index in [0.29, 0.717) is 29.5 Å². The highest BCUT2D eigenvalue weighted by atomic mass is 15.2. The van der Waals surface area contributed by atoms with Crippen LogP contribution in [0.5, 0.6) is 0 Å². The van der Waals surface area contributed by atoms with Crippen LogP contribution in [0.15, 0.2) is 23.8 Å². The molecule has 0 aromatic rings. The predicted molar refractivity (Wildman–Crippen MR) is 127 cm³/mol. The fraction of sp³-hybridized carbons (Fsp3) is 0.846. The van der Waals surface area contributed by atoms with Gasteiger partial charge in [0, 0.05) is 29.0 Å². The van der Waals surface area contributed by atoms with E-state index >= 15 is 0 Å². The normalized spacial score (nSPS) is 36.9. The van der Waals surface area contributed by atoms with Crippen molar-refractivity contribution in [3.05, 3.63) is 23.8 Å². The molecule has 2 aliphatic carbocycles. The van der Waals surface area contributed by atoms with E-state index in [0.717, 1.165) is 6.42 Å². The minimum Gasteiger partial charge on any atom is -0.327 e. The van der Waals surface area contributed by atoms with E-state index in [2.05, 4.69) is 43.3 Å². The third kappa shape index (κ3) is 3.83. The van der Waals surface area contributed by atoms with Crippen molar-refractivity contribution in [2.45, 2.75) is 89.8 Å². The average Bonchev–Trinajstić information content (AvgIpc) is 3.14. The Morgan fingerprint density at radius 2 is 1.73 bits per heavy atom. The highest BCUT2D eigenvalue weighted by molar-refractivity contribution is 5.25. The van der Waals surface area contributed by atoms with E-state index in [1.807, 2.05) is 0 Å². The second-order valence-corrected chi connectivity index (χ2v) is 11.3. The summed E-state index contributed by atoms with van der Waals surface area (Å²) in [7, 11) is 2.25. The molecule has 0 aromatic carbocycles. The molecule has 30 heavy (non-hydrogen) atoms. The lowest BCUT2D eigenvalue weighted by Crippen LogP contribution is -2.50. The van der Waals surface area contributed by atoms with Crippen LogP contribution < -0.4 is 11.5 Å². The standard InChI is InChI=1S/C26H46N4/c1-19-18-20(2)25(24(19)28)12-16-30(17-13-25)21(3)6-5-7-22-8-9-23(27)26(22)10-14-29(4)15-11-26/h7,19,21,23-24H,2,5-6,8-18,27-28H2,1,3-4H3/b22-7+/t19?,21?,23-,24-/m1/s1. The van der Waals surface area contributed by atoms with Crippen molar-refractivity contribution in [2.75, 3.05) is 33.2 Å². The molecule has 0 radical (unpaired) electrons. The van der Waals surface area contributed by atoms with E-state index in [9.17, 15) is 0 Å². The van der Waals surface area contributed by atoms with Crippen molar-refractivity contribution in [3.8, 4) is 0 Å². The summed E-state index contributed by atoms with van der Waals surface area (Å²) < 4.78 is 0. The summed E-state index contributed by atoms with van der Waals surface area (Å²) in [4.78, 5) is 5.17. The molecule has 4 N–H and O–H groups in total. The van der Waals surface area contributed by atoms with Crippen LogP contribution in [0.25, 0.3) is 0 Å². The van der Waals surface area contributed by atoms with Crippen LogP contribution in [0.4, 0.5) is 0 Å². The molecule has 4 atom stereocenters. The van der Waals surface area contributed by atoms with Crippen LogP contribution >= 0.6 is 0 Å². The fourth-order valence-corrected chi connectivity index (χ4v) is 7.32. The van der Waals surface area contributed by atoms with Gasteiger partial charge in [0.05, 0.1) is 0 Å². The van der Waals surface area contributed by atoms with Gasteiger partial charge in [-0.1, -0.05) is 30.7 Å². The van der Waals surface area contributed by atoms with Crippen molar-refractivity contribution >= 4 is 0 Å². The van der Waals surface area contributed by atoms with Gasteiger partial charge in [-0.05, 0) is 104 Å². The molecular weight excluding hydrogens is 368 g/mol. The molecule has 2 saturated heterocycles. The SMILES string of the molecule is C=C1CC(C)[C@@H](N)C12CCN(C(C)CC/C=C1\CC[C@@H](N)C13CCN(C)CC3)CC2. The zero-order valence-corrected chi connectivity index (χ0v) is 19.8. The summed E-state index contributed by atoms with van der Waals surface area (Å²) in [6, 6.07) is 1.33. The highest BCUT2D eigenvalue weighted by Gasteiger charge is 2.49. The van der Waals surface area contributed by atoms with Gasteiger partial charge in [-0.25, -0.2) is 0 Å². The minimum atomic E-state index is 0.220. The Morgan fingerprint density at radius 1 is 1.10 bits per heavy atom. The number of likely N-dealkylation sites (tertiary alicyclic amines) is 2. The van der Waals surface area contributed by atoms with Gasteiger partial charge in [-0.2, -0.15) is 0 Å². The molecule has 0 amide bonds. The lowest BCUT2D eigenvalue weighted by atomic mass is 9.71. The number of allylic oxidation sites excluding steroid dienone is 1. The number of nitrogens with zero attached hydrogens (tertiary/aromatic N) is 2. The topological polar surface area (TPSA) is 58.5 Å². The Balaban J connectivity index is 1.30. The summed E-state index contributed by atoms with van der Waals surface area (Å²) in [6.45, 7) is 13.9. The Bertz CT molecular complexity index is 652. The van der Waals surface area contributed by atoms with Crippen molar-refractivity contribution in [1.29, 1.82) is 0 Å². The molecule has 2 heterocycles. The molecule has 4 nitrogen and oxygen atoms in total. The molecule has 2 aliphatic heterocycles. The van der Waals surface area contributed by atoms with Gasteiger partial charge in [-0.15, -0.1) is 0 Å². The molecule has 4 aliphatic rings. The van der Waals surface area contributed by atoms with Gasteiger partial charge in [0.25, 0.3) is 0 Å². The second-order valence-electron chi connectivity index (χ2n) is 11.3. The van der Waals surface area contributed by atoms with Crippen molar-refractivity contribution in [2.24, 2.45) is 28.2 Å². The predicted octanol–water partition coefficient (Wildman–Crippen LogP) is 3.92. The first-order valence-corrected chi connectivity index (χ1v) is 12.6. The number of piperidine rings is 2. The fourth-order valence-electron chi connectivity index (χ4n) is 7.32. The third-order valence-corrected chi connectivity index (χ3v) is 9.77. The first-order chi connectivity index (χ1) is 14.3. The van der Waals surface area contributed by atoms with E-state index in [-0.39, 0.29) is 5.41 Å². The number of nitrogens with two attached hydrogens (primary N) is 2. The smallest absolute Gasteiger partial charge is 0.0163 e. The number of hydrogen-bond donors (Lipinski definition) is 2. The lowest BCUT2D eigenvalue weighted by molar-refractivity contribution is 0.0851. The Morgan fingerprint density at radius 3 is 2.33 bits per heavy atom. The summed E-state index contributed by atoms with van der Waals surface area (Å²) in [6.07, 6.45) is 13.5. The Labute approximate surface area is 185 Å². The summed E-state index contributed by atoms with van der Waals surface area (Å²) in [5, 5.41) is 0. The van der Waals surface area contributed by atoms with Gasteiger partial charge in [0.1, 0.15) is 0 Å². The molecule has 2 spiro atoms. The molecule has 4 fully saturated rings. The molecule has 170 valence electrons. The minimum absolute atomic E-state index is 0.220. The van der Waals surface area contributed by atoms with E-state index in [1.54, 1.807) is 5.57 Å². The molecule has 0 bridgehead atoms. The summed E-state index contributed by atoms with van der Waals surface area (Å²) >= 11 is 0. The van der Waals surface area contributed by atoms with Crippen molar-refractivity contribution < 1.29 is 0 Å². The van der Waals surface area contributed by atoms with E-state index in [1.165, 1.54) is 83.1 Å². The van der Waals surface area contributed by atoms with Crippen LogP contribution in [0.3, 0.4) is 0 Å². The quantitative estimate of drug-likeness (QED) is 0.685. The van der Waals surface area contributed by atoms with Gasteiger partial charge in [-0.3, -0.25) is 0 Å². The molecule has 2 saturated carbocycles.